The summed E-state index contributed by atoms with van der Waals surface area (Å²) in [4.78, 5) is 51.1. The normalized spacial score (nSPS) is 25.2. The molecular weight excluding hydrogens is 812 g/mol. The van der Waals surface area contributed by atoms with E-state index in [9.17, 15) is 44.3 Å². The number of thiophene rings is 2. The smallest absolute Gasteiger partial charge is 0.338 e. The molecule has 6 unspecified atom stereocenters. The Morgan fingerprint density at radius 3 is 2.20 bits per heavy atom. The topological polar surface area (TPSA) is 251 Å². The average Bonchev–Trinajstić information content (AvgIpc) is 3.77. The highest BCUT2D eigenvalue weighted by molar-refractivity contribution is 7.18. The predicted molar refractivity (Wildman–Crippen MR) is 222 cm³/mol. The lowest BCUT2D eigenvalue weighted by atomic mass is 9.50. The number of nitriles is 2. The molecule has 60 heavy (non-hydrogen) atoms. The maximum atomic E-state index is 14.9. The summed E-state index contributed by atoms with van der Waals surface area (Å²) in [5.41, 5.74) is 11.9. The largest absolute Gasteiger partial charge is 0.481 e. The minimum atomic E-state index is -1.56. The number of carbonyl (C=O) groups excluding carboxylic acids is 2. The number of aliphatic carboxylic acids is 2. The van der Waals surface area contributed by atoms with Crippen molar-refractivity contribution in [2.24, 2.45) is 34.1 Å². The standard InChI is InChI=1S/C22H20FN3O4S.C21H25N3O4S/c1-10-15(21(27)29-2)17(18(20(25)26-10)22(28)30-8-11-3-4-11)13-9-31-19-12(7-24)5-6-14(23)16(13)19;1-10(2)21(19(27)28)16(20(4,18(25)26)11(3)24-17(21)23)14-9-29-15-12(8-22)6-5-7-13(14)15/h5-6,9,11,17,26H,3-4,8,25H2,1-2H3;5-7,9-11,16-17,24H,23H2,1-4H3,(H,25,26)(H,27,28). The number of dihydropyridines is 1. The van der Waals surface area contributed by atoms with E-state index in [0.29, 0.717) is 44.0 Å². The molecule has 2 fully saturated rings. The van der Waals surface area contributed by atoms with Gasteiger partial charge in [0, 0.05) is 23.0 Å². The van der Waals surface area contributed by atoms with Crippen LogP contribution in [-0.4, -0.2) is 60.0 Å². The number of hydrogen-bond acceptors (Lipinski definition) is 14. The van der Waals surface area contributed by atoms with Crippen LogP contribution in [0, 0.1) is 51.1 Å². The lowest BCUT2D eigenvalue weighted by Crippen LogP contribution is -2.73. The molecule has 2 aromatic carbocycles. The number of nitrogens with two attached hydrogens (primary N) is 2. The zero-order valence-electron chi connectivity index (χ0n) is 33.7. The van der Waals surface area contributed by atoms with E-state index in [2.05, 4.69) is 16.7 Å². The van der Waals surface area contributed by atoms with Gasteiger partial charge in [0.05, 0.1) is 62.9 Å². The maximum absolute atomic E-state index is 14.9. The molecule has 8 N–H and O–H groups in total. The summed E-state index contributed by atoms with van der Waals surface area (Å²) < 4.78 is 26.5. The van der Waals surface area contributed by atoms with E-state index in [1.165, 1.54) is 41.9 Å². The van der Waals surface area contributed by atoms with E-state index in [-0.39, 0.29) is 29.0 Å². The van der Waals surface area contributed by atoms with Gasteiger partial charge in [-0.1, -0.05) is 26.0 Å². The first-order valence-electron chi connectivity index (χ1n) is 19.1. The Kier molecular flexibility index (Phi) is 12.1. The molecule has 0 bridgehead atoms. The second-order valence-electron chi connectivity index (χ2n) is 15.8. The molecule has 0 radical (unpaired) electrons. The number of ether oxygens (including phenoxy) is 2. The van der Waals surface area contributed by atoms with Gasteiger partial charge in [-0.15, -0.1) is 22.7 Å². The van der Waals surface area contributed by atoms with Crippen LogP contribution in [0.2, 0.25) is 0 Å². The summed E-state index contributed by atoms with van der Waals surface area (Å²) >= 11 is 2.49. The fourth-order valence-electron chi connectivity index (χ4n) is 8.74. The van der Waals surface area contributed by atoms with Gasteiger partial charge in [0.1, 0.15) is 29.2 Å². The summed E-state index contributed by atoms with van der Waals surface area (Å²) in [6, 6.07) is 11.5. The van der Waals surface area contributed by atoms with Gasteiger partial charge < -0.3 is 36.5 Å². The molecule has 3 aliphatic rings. The molecule has 2 aromatic heterocycles. The summed E-state index contributed by atoms with van der Waals surface area (Å²) in [6.07, 6.45) is 1.04. The zero-order valence-corrected chi connectivity index (χ0v) is 35.3. The molecule has 14 nitrogen and oxygen atoms in total. The van der Waals surface area contributed by atoms with Crippen LogP contribution >= 0.6 is 22.7 Å². The number of carbonyl (C=O) groups is 4. The summed E-state index contributed by atoms with van der Waals surface area (Å²) in [7, 11) is 1.23. The van der Waals surface area contributed by atoms with Crippen LogP contribution < -0.4 is 22.1 Å². The highest BCUT2D eigenvalue weighted by Gasteiger charge is 2.67. The van der Waals surface area contributed by atoms with Crippen molar-refractivity contribution in [1.29, 1.82) is 10.5 Å². The van der Waals surface area contributed by atoms with Gasteiger partial charge in [0.25, 0.3) is 0 Å². The summed E-state index contributed by atoms with van der Waals surface area (Å²) in [5, 5.41) is 49.7. The first kappa shape index (κ1) is 43.7. The molecule has 1 aliphatic carbocycles. The fourth-order valence-corrected chi connectivity index (χ4v) is 10.9. The third-order valence-electron chi connectivity index (χ3n) is 12.3. The van der Waals surface area contributed by atoms with Crippen LogP contribution in [0.3, 0.4) is 0 Å². The number of hydrogen-bond donors (Lipinski definition) is 6. The number of methoxy groups -OCH3 is 1. The van der Waals surface area contributed by atoms with Gasteiger partial charge in [-0.05, 0) is 90.9 Å². The van der Waals surface area contributed by atoms with Crippen molar-refractivity contribution < 1.29 is 43.3 Å². The number of nitrogens with zero attached hydrogens (tertiary/aromatic N) is 2. The third kappa shape index (κ3) is 7.05. The van der Waals surface area contributed by atoms with Crippen LogP contribution in [0.25, 0.3) is 20.2 Å². The number of esters is 2. The van der Waals surface area contributed by atoms with E-state index in [0.717, 1.165) is 17.5 Å². The van der Waals surface area contributed by atoms with Crippen molar-refractivity contribution in [2.75, 3.05) is 13.7 Å². The first-order chi connectivity index (χ1) is 28.4. The number of carboxylic acids is 2. The minimum absolute atomic E-state index is 0.0214. The Morgan fingerprint density at radius 1 is 0.983 bits per heavy atom. The Balaban J connectivity index is 0.000000202. The molecule has 2 aliphatic heterocycles. The quantitative estimate of drug-likeness (QED) is 0.104. The van der Waals surface area contributed by atoms with E-state index in [1.807, 2.05) is 12.1 Å². The van der Waals surface area contributed by atoms with Crippen molar-refractivity contribution in [3.8, 4) is 12.1 Å². The van der Waals surface area contributed by atoms with Crippen molar-refractivity contribution in [2.45, 2.75) is 71.5 Å². The Bertz CT molecular complexity index is 2580. The molecule has 1 saturated carbocycles. The van der Waals surface area contributed by atoms with Crippen molar-refractivity contribution in [3.63, 3.8) is 0 Å². The van der Waals surface area contributed by atoms with Crippen LogP contribution in [0.15, 0.2) is 63.8 Å². The maximum Gasteiger partial charge on any atom is 0.338 e. The van der Waals surface area contributed by atoms with Crippen LogP contribution in [-0.2, 0) is 28.7 Å². The Labute approximate surface area is 353 Å². The number of benzene rings is 2. The molecule has 0 spiro atoms. The van der Waals surface area contributed by atoms with Crippen LogP contribution in [0.1, 0.15) is 81.5 Å². The number of fused-ring (bicyclic) bond motifs is 2. The second kappa shape index (κ2) is 16.7. The van der Waals surface area contributed by atoms with E-state index < -0.39 is 70.5 Å². The number of allylic oxidation sites excluding steroid dienone is 1. The highest BCUT2D eigenvalue weighted by atomic mass is 32.1. The van der Waals surface area contributed by atoms with Crippen LogP contribution in [0.4, 0.5) is 4.39 Å². The van der Waals surface area contributed by atoms with Crippen molar-refractivity contribution >= 4 is 66.7 Å². The average molecular weight is 857 g/mol. The highest BCUT2D eigenvalue weighted by Crippen LogP contribution is 2.59. The van der Waals surface area contributed by atoms with E-state index >= 15 is 0 Å². The fraction of sp³-hybridized carbons (Fsp3) is 0.395. The van der Waals surface area contributed by atoms with Gasteiger partial charge in [0.15, 0.2) is 0 Å². The SMILES string of the molecule is CC1NC(N)C(C(=O)O)(C(C)C)C(c2csc3c(C#N)cccc23)C1(C)C(=O)O.COC(=O)C1=C(C)NC(N)=C(C(=O)OCC2CC2)C1c1csc2c(C#N)ccc(F)c12. The van der Waals surface area contributed by atoms with Crippen LogP contribution in [0.5, 0.6) is 0 Å². The first-order valence-corrected chi connectivity index (χ1v) is 20.9. The number of nitrogens with one attached hydrogen (secondary N) is 2. The second-order valence-corrected chi connectivity index (χ2v) is 17.6. The predicted octanol–water partition coefficient (Wildman–Crippen LogP) is 6.12. The zero-order chi connectivity index (χ0) is 44.0. The molecule has 4 aromatic rings. The van der Waals surface area contributed by atoms with E-state index in [4.69, 9.17) is 20.9 Å². The molecule has 314 valence electrons. The van der Waals surface area contributed by atoms with Crippen molar-refractivity contribution in [3.05, 3.63) is 91.8 Å². The number of rotatable bonds is 9. The summed E-state index contributed by atoms with van der Waals surface area (Å²) in [6.45, 7) is 8.72. The van der Waals surface area contributed by atoms with Gasteiger partial charge >= 0.3 is 23.9 Å². The number of piperidine rings is 1. The van der Waals surface area contributed by atoms with Gasteiger partial charge in [-0.2, -0.15) is 10.5 Å². The minimum Gasteiger partial charge on any atom is -0.481 e. The van der Waals surface area contributed by atoms with Crippen molar-refractivity contribution in [1.82, 2.24) is 10.6 Å². The monoisotopic (exact) mass is 856 g/mol. The Morgan fingerprint density at radius 2 is 1.62 bits per heavy atom. The van der Waals surface area contributed by atoms with Gasteiger partial charge in [-0.3, -0.25) is 14.9 Å². The molecule has 17 heteroatoms. The Hall–Kier alpha value is -5.85. The van der Waals surface area contributed by atoms with Gasteiger partial charge in [0.2, 0.25) is 0 Å². The molecule has 7 rings (SSSR count). The molecule has 6 atom stereocenters. The lowest BCUT2D eigenvalue weighted by molar-refractivity contribution is -0.175. The summed E-state index contributed by atoms with van der Waals surface area (Å²) in [5.74, 6) is -6.12. The molecule has 0 amide bonds. The lowest BCUT2D eigenvalue weighted by Gasteiger charge is -2.57. The molecule has 4 heterocycles. The number of carboxylic acid groups (broad SMARTS) is 2. The van der Waals surface area contributed by atoms with Gasteiger partial charge in [-0.25, -0.2) is 14.0 Å². The molecular formula is C43H45FN6O8S2. The third-order valence-corrected chi connectivity index (χ3v) is 14.3. The number of halogens is 1. The molecule has 1 saturated heterocycles. The van der Waals surface area contributed by atoms with E-state index in [1.54, 1.807) is 57.5 Å².